The lowest BCUT2D eigenvalue weighted by Crippen LogP contribution is -2.32. The fourth-order valence-corrected chi connectivity index (χ4v) is 4.82. The molecule has 1 N–H and O–H groups in total. The van der Waals surface area contributed by atoms with E-state index in [0.29, 0.717) is 10.8 Å². The fraction of sp³-hybridized carbons (Fsp3) is 0.0769. The number of rotatable bonds is 5. The summed E-state index contributed by atoms with van der Waals surface area (Å²) in [5, 5.41) is 6.45. The van der Waals surface area contributed by atoms with Crippen molar-refractivity contribution in [3.8, 4) is 0 Å². The number of amides is 1. The summed E-state index contributed by atoms with van der Waals surface area (Å²) in [5.74, 6) is -0.110. The highest BCUT2D eigenvalue weighted by molar-refractivity contribution is 7.10. The lowest BCUT2D eigenvalue weighted by Gasteiger charge is -2.20. The van der Waals surface area contributed by atoms with Crippen molar-refractivity contribution in [2.75, 3.05) is 0 Å². The van der Waals surface area contributed by atoms with Gasteiger partial charge >= 0.3 is 0 Å². The summed E-state index contributed by atoms with van der Waals surface area (Å²) in [6.07, 6.45) is 0. The third-order valence-corrected chi connectivity index (χ3v) is 6.38. The van der Waals surface area contributed by atoms with Gasteiger partial charge in [0.05, 0.1) is 17.1 Å². The molecule has 4 nitrogen and oxygen atoms in total. The Kier molecular flexibility index (Phi) is 5.10. The van der Waals surface area contributed by atoms with Crippen molar-refractivity contribution in [3.63, 3.8) is 0 Å². The van der Waals surface area contributed by atoms with Gasteiger partial charge in [0.1, 0.15) is 6.54 Å². The van der Waals surface area contributed by atoms with E-state index in [0.717, 1.165) is 21.5 Å². The van der Waals surface area contributed by atoms with Gasteiger partial charge in [0.2, 0.25) is 5.91 Å². The number of nitrogens with zero attached hydrogens (tertiary/aromatic N) is 1. The first-order chi connectivity index (χ1) is 15.2. The first-order valence-electron chi connectivity index (χ1n) is 10.1. The summed E-state index contributed by atoms with van der Waals surface area (Å²) in [4.78, 5) is 27.3. The second-order valence-electron chi connectivity index (χ2n) is 7.38. The Morgan fingerprint density at radius 1 is 0.806 bits per heavy atom. The average Bonchev–Trinajstić information content (AvgIpc) is 3.35. The third-order valence-electron chi connectivity index (χ3n) is 5.45. The smallest absolute Gasteiger partial charge is 0.240 e. The summed E-state index contributed by atoms with van der Waals surface area (Å²) in [6.45, 7) is 0.121. The van der Waals surface area contributed by atoms with Crippen LogP contribution in [0.15, 0.2) is 101 Å². The highest BCUT2D eigenvalue weighted by Gasteiger charge is 2.19. The number of pyridine rings is 1. The molecule has 1 amide bonds. The maximum absolute atomic E-state index is 13.3. The minimum Gasteiger partial charge on any atom is -0.343 e. The highest BCUT2D eigenvalue weighted by atomic mass is 32.1. The topological polar surface area (TPSA) is 51.1 Å². The average molecular weight is 425 g/mol. The monoisotopic (exact) mass is 424 g/mol. The Hall–Kier alpha value is -3.70. The quantitative estimate of drug-likeness (QED) is 0.398. The van der Waals surface area contributed by atoms with E-state index in [4.69, 9.17) is 0 Å². The van der Waals surface area contributed by atoms with Gasteiger partial charge in [0, 0.05) is 15.6 Å². The Morgan fingerprint density at radius 3 is 2.03 bits per heavy atom. The third kappa shape index (κ3) is 3.64. The SMILES string of the molecule is O=C(Cn1c2ccccc2c(=O)c2ccccc21)NC(c1ccccc1)c1cccs1. The summed E-state index contributed by atoms with van der Waals surface area (Å²) < 4.78 is 1.93. The first kappa shape index (κ1) is 19.3. The molecule has 152 valence electrons. The van der Waals surface area contributed by atoms with Crippen LogP contribution in [0.3, 0.4) is 0 Å². The van der Waals surface area contributed by atoms with Crippen LogP contribution in [-0.4, -0.2) is 10.5 Å². The highest BCUT2D eigenvalue weighted by Crippen LogP contribution is 2.26. The Bertz CT molecular complexity index is 1360. The Morgan fingerprint density at radius 2 is 1.42 bits per heavy atom. The van der Waals surface area contributed by atoms with E-state index in [1.165, 1.54) is 0 Å². The molecule has 0 fully saturated rings. The van der Waals surface area contributed by atoms with Crippen molar-refractivity contribution >= 4 is 39.0 Å². The molecule has 5 heteroatoms. The van der Waals surface area contributed by atoms with Crippen molar-refractivity contribution < 1.29 is 4.79 Å². The molecular weight excluding hydrogens is 404 g/mol. The van der Waals surface area contributed by atoms with Crippen LogP contribution < -0.4 is 10.7 Å². The number of nitrogens with one attached hydrogen (secondary N) is 1. The van der Waals surface area contributed by atoms with Crippen molar-refractivity contribution in [1.82, 2.24) is 9.88 Å². The van der Waals surface area contributed by atoms with Gasteiger partial charge in [-0.3, -0.25) is 9.59 Å². The van der Waals surface area contributed by atoms with E-state index in [2.05, 4.69) is 5.32 Å². The van der Waals surface area contributed by atoms with Crippen molar-refractivity contribution in [2.24, 2.45) is 0 Å². The minimum atomic E-state index is -0.217. The van der Waals surface area contributed by atoms with Gasteiger partial charge in [0.25, 0.3) is 0 Å². The van der Waals surface area contributed by atoms with E-state index in [9.17, 15) is 9.59 Å². The van der Waals surface area contributed by atoms with Crippen molar-refractivity contribution in [3.05, 3.63) is 117 Å². The van der Waals surface area contributed by atoms with Crippen LogP contribution in [-0.2, 0) is 11.3 Å². The van der Waals surface area contributed by atoms with E-state index in [-0.39, 0.29) is 23.9 Å². The van der Waals surface area contributed by atoms with Crippen molar-refractivity contribution in [2.45, 2.75) is 12.6 Å². The molecule has 2 heterocycles. The molecule has 0 radical (unpaired) electrons. The number of para-hydroxylation sites is 2. The second kappa shape index (κ2) is 8.20. The van der Waals surface area contributed by atoms with Gasteiger partial charge in [-0.1, -0.05) is 60.7 Å². The molecule has 0 saturated carbocycles. The lowest BCUT2D eigenvalue weighted by atomic mass is 10.1. The second-order valence-corrected chi connectivity index (χ2v) is 8.36. The molecular formula is C26H20N2O2S. The first-order valence-corrected chi connectivity index (χ1v) is 11.0. The number of carbonyl (C=O) groups excluding carboxylic acids is 1. The van der Waals surface area contributed by atoms with Crippen molar-refractivity contribution in [1.29, 1.82) is 0 Å². The molecule has 3 aromatic carbocycles. The molecule has 5 aromatic rings. The molecule has 0 aliphatic carbocycles. The van der Waals surface area contributed by atoms with Crippen LogP contribution in [0.4, 0.5) is 0 Å². The van der Waals surface area contributed by atoms with E-state index in [1.807, 2.05) is 101 Å². The molecule has 1 unspecified atom stereocenters. The summed E-state index contributed by atoms with van der Waals surface area (Å²) in [6, 6.07) is 28.7. The molecule has 5 rings (SSSR count). The standard InChI is InChI=1S/C26H20N2O2S/c29-24(27-25(23-15-8-16-31-23)18-9-2-1-3-10-18)17-28-21-13-6-4-11-19(21)26(30)20-12-5-7-14-22(20)28/h1-16,25H,17H2,(H,27,29). The zero-order valence-corrected chi connectivity index (χ0v) is 17.5. The summed E-state index contributed by atoms with van der Waals surface area (Å²) in [5.41, 5.74) is 2.54. The van der Waals surface area contributed by atoms with Crippen LogP contribution >= 0.6 is 11.3 Å². The van der Waals surface area contributed by atoms with Crippen LogP contribution in [0.25, 0.3) is 21.8 Å². The van der Waals surface area contributed by atoms with Gasteiger partial charge in [-0.2, -0.15) is 0 Å². The van der Waals surface area contributed by atoms with Gasteiger partial charge in [-0.05, 0) is 41.3 Å². The largest absolute Gasteiger partial charge is 0.343 e. The number of carbonyl (C=O) groups is 1. The Balaban J connectivity index is 1.56. The zero-order chi connectivity index (χ0) is 21.2. The van der Waals surface area contributed by atoms with Gasteiger partial charge in [-0.15, -0.1) is 11.3 Å². The molecule has 0 aliphatic heterocycles. The number of hydrogen-bond acceptors (Lipinski definition) is 3. The number of aromatic nitrogens is 1. The number of benzene rings is 3. The number of fused-ring (bicyclic) bond motifs is 2. The molecule has 0 saturated heterocycles. The summed E-state index contributed by atoms with van der Waals surface area (Å²) >= 11 is 1.62. The van der Waals surface area contributed by atoms with Crippen LogP contribution in [0.1, 0.15) is 16.5 Å². The van der Waals surface area contributed by atoms with Gasteiger partial charge in [0.15, 0.2) is 5.43 Å². The summed E-state index contributed by atoms with van der Waals surface area (Å²) in [7, 11) is 0. The van der Waals surface area contributed by atoms with Gasteiger partial charge < -0.3 is 9.88 Å². The fourth-order valence-electron chi connectivity index (χ4n) is 4.02. The lowest BCUT2D eigenvalue weighted by molar-refractivity contribution is -0.122. The molecule has 2 aromatic heterocycles. The predicted octanol–water partition coefficient (Wildman–Crippen LogP) is 5.12. The Labute approximate surface area is 183 Å². The van der Waals surface area contributed by atoms with E-state index >= 15 is 0 Å². The maximum Gasteiger partial charge on any atom is 0.240 e. The molecule has 0 aliphatic rings. The van der Waals surface area contributed by atoms with Crippen LogP contribution in [0.2, 0.25) is 0 Å². The molecule has 0 spiro atoms. The maximum atomic E-state index is 13.3. The zero-order valence-electron chi connectivity index (χ0n) is 16.7. The van der Waals surface area contributed by atoms with Crippen LogP contribution in [0.5, 0.6) is 0 Å². The van der Waals surface area contributed by atoms with E-state index < -0.39 is 0 Å². The number of thiophene rings is 1. The number of hydrogen-bond donors (Lipinski definition) is 1. The predicted molar refractivity (Wildman–Crippen MR) is 126 cm³/mol. The molecule has 1 atom stereocenters. The van der Waals surface area contributed by atoms with E-state index in [1.54, 1.807) is 11.3 Å². The normalized spacial score (nSPS) is 12.1. The molecule has 31 heavy (non-hydrogen) atoms. The molecule has 0 bridgehead atoms. The van der Waals surface area contributed by atoms with Gasteiger partial charge in [-0.25, -0.2) is 0 Å². The van der Waals surface area contributed by atoms with Crippen LogP contribution in [0, 0.1) is 0 Å². The minimum absolute atomic E-state index is 0.0106.